The first-order valence-electron chi connectivity index (χ1n) is 9.72. The molecule has 1 aromatic heterocycles. The molecule has 1 saturated heterocycles. The standard InChI is InChI=1S/C24H19ClN2O4S/c1-14-11-17(13-21-22(28)27(24(30)32-21)18-7-5-4-6-8-18)15(2)26(14)20-12-16(23(29)31-3)9-10-19(20)25/h4-13H,1-3H3/b21-13+. The topological polar surface area (TPSA) is 68.6 Å². The number of ether oxygens (including phenoxy) is 1. The molecule has 2 aromatic carbocycles. The van der Waals surface area contributed by atoms with Crippen LogP contribution in [-0.4, -0.2) is 28.8 Å². The van der Waals surface area contributed by atoms with Crippen molar-refractivity contribution in [3.8, 4) is 5.69 Å². The van der Waals surface area contributed by atoms with Gasteiger partial charge in [-0.05, 0) is 73.6 Å². The molecule has 32 heavy (non-hydrogen) atoms. The summed E-state index contributed by atoms with van der Waals surface area (Å²) in [6.07, 6.45) is 1.71. The normalized spacial score (nSPS) is 15.0. The molecule has 2 amide bonds. The van der Waals surface area contributed by atoms with E-state index in [9.17, 15) is 14.4 Å². The van der Waals surface area contributed by atoms with E-state index < -0.39 is 5.97 Å². The van der Waals surface area contributed by atoms with Gasteiger partial charge in [0.25, 0.3) is 11.1 Å². The van der Waals surface area contributed by atoms with Crippen LogP contribution in [0.4, 0.5) is 10.5 Å². The Hall–Kier alpha value is -3.29. The molecule has 0 atom stereocenters. The number of esters is 1. The van der Waals surface area contributed by atoms with Crippen LogP contribution in [0.5, 0.6) is 0 Å². The van der Waals surface area contributed by atoms with Crippen LogP contribution in [0.1, 0.15) is 27.3 Å². The van der Waals surface area contributed by atoms with E-state index in [0.717, 1.165) is 28.7 Å². The van der Waals surface area contributed by atoms with Gasteiger partial charge < -0.3 is 9.30 Å². The Balaban J connectivity index is 1.74. The van der Waals surface area contributed by atoms with Crippen LogP contribution in [0.15, 0.2) is 59.5 Å². The molecule has 0 bridgehead atoms. The number of amides is 2. The number of imide groups is 1. The number of para-hydroxylation sites is 1. The van der Waals surface area contributed by atoms with Gasteiger partial charge in [0.05, 0.1) is 34.0 Å². The fourth-order valence-electron chi connectivity index (χ4n) is 3.64. The van der Waals surface area contributed by atoms with Crippen molar-refractivity contribution in [1.82, 2.24) is 4.57 Å². The molecule has 1 fully saturated rings. The van der Waals surface area contributed by atoms with Crippen LogP contribution in [0, 0.1) is 13.8 Å². The van der Waals surface area contributed by atoms with Gasteiger partial charge in [-0.1, -0.05) is 29.8 Å². The third-order valence-electron chi connectivity index (χ3n) is 5.17. The predicted molar refractivity (Wildman–Crippen MR) is 126 cm³/mol. The lowest BCUT2D eigenvalue weighted by atomic mass is 10.2. The molecule has 8 heteroatoms. The lowest BCUT2D eigenvalue weighted by Crippen LogP contribution is -2.27. The molecule has 0 unspecified atom stereocenters. The maximum Gasteiger partial charge on any atom is 0.337 e. The second-order valence-corrected chi connectivity index (χ2v) is 8.57. The minimum atomic E-state index is -0.458. The average molecular weight is 467 g/mol. The molecule has 1 aliphatic rings. The highest BCUT2D eigenvalue weighted by Crippen LogP contribution is 2.37. The largest absolute Gasteiger partial charge is 0.465 e. The lowest BCUT2D eigenvalue weighted by molar-refractivity contribution is -0.113. The molecule has 2 heterocycles. The highest BCUT2D eigenvalue weighted by Gasteiger charge is 2.36. The summed E-state index contributed by atoms with van der Waals surface area (Å²) < 4.78 is 6.72. The molecular weight excluding hydrogens is 448 g/mol. The quantitative estimate of drug-likeness (QED) is 0.360. The number of carbonyl (C=O) groups is 3. The van der Waals surface area contributed by atoms with Crippen molar-refractivity contribution in [2.75, 3.05) is 12.0 Å². The maximum atomic E-state index is 12.9. The first kappa shape index (κ1) is 21.9. The van der Waals surface area contributed by atoms with E-state index in [4.69, 9.17) is 16.3 Å². The number of carbonyl (C=O) groups excluding carboxylic acids is 3. The Morgan fingerprint density at radius 1 is 1.06 bits per heavy atom. The summed E-state index contributed by atoms with van der Waals surface area (Å²) in [6.45, 7) is 3.79. The molecule has 162 valence electrons. The zero-order valence-corrected chi connectivity index (χ0v) is 19.2. The molecule has 0 radical (unpaired) electrons. The Morgan fingerprint density at radius 3 is 2.47 bits per heavy atom. The van der Waals surface area contributed by atoms with E-state index in [-0.39, 0.29) is 11.1 Å². The van der Waals surface area contributed by atoms with Crippen molar-refractivity contribution >= 4 is 52.2 Å². The fourth-order valence-corrected chi connectivity index (χ4v) is 4.68. The summed E-state index contributed by atoms with van der Waals surface area (Å²) in [7, 11) is 1.32. The van der Waals surface area contributed by atoms with E-state index in [1.54, 1.807) is 48.5 Å². The maximum absolute atomic E-state index is 12.9. The van der Waals surface area contributed by atoms with Gasteiger partial charge in [0, 0.05) is 11.4 Å². The highest BCUT2D eigenvalue weighted by molar-refractivity contribution is 8.19. The van der Waals surface area contributed by atoms with Crippen molar-refractivity contribution < 1.29 is 19.1 Å². The number of methoxy groups -OCH3 is 1. The van der Waals surface area contributed by atoms with E-state index in [2.05, 4.69) is 0 Å². The molecule has 6 nitrogen and oxygen atoms in total. The highest BCUT2D eigenvalue weighted by atomic mass is 35.5. The van der Waals surface area contributed by atoms with Crippen LogP contribution >= 0.6 is 23.4 Å². The Bertz CT molecular complexity index is 1280. The number of aryl methyl sites for hydroxylation is 1. The summed E-state index contributed by atoms with van der Waals surface area (Å²) in [5.74, 6) is -0.818. The van der Waals surface area contributed by atoms with E-state index in [1.165, 1.54) is 12.0 Å². The Morgan fingerprint density at radius 2 is 1.78 bits per heavy atom. The number of halogens is 1. The van der Waals surface area contributed by atoms with Crippen molar-refractivity contribution in [1.29, 1.82) is 0 Å². The molecular formula is C24H19ClN2O4S. The van der Waals surface area contributed by atoms with Crippen molar-refractivity contribution in [2.24, 2.45) is 0 Å². The molecule has 0 saturated carbocycles. The first-order valence-corrected chi connectivity index (χ1v) is 10.9. The van der Waals surface area contributed by atoms with Gasteiger partial charge in [-0.2, -0.15) is 0 Å². The number of anilines is 1. The fraction of sp³-hybridized carbons (Fsp3) is 0.125. The number of hydrogen-bond acceptors (Lipinski definition) is 5. The third-order valence-corrected chi connectivity index (χ3v) is 6.36. The minimum Gasteiger partial charge on any atom is -0.465 e. The van der Waals surface area contributed by atoms with Gasteiger partial charge in [-0.3, -0.25) is 9.59 Å². The Kier molecular flexibility index (Phi) is 5.95. The first-order chi connectivity index (χ1) is 15.3. The van der Waals surface area contributed by atoms with Crippen LogP contribution in [0.25, 0.3) is 11.8 Å². The van der Waals surface area contributed by atoms with Gasteiger partial charge in [0.1, 0.15) is 0 Å². The molecule has 3 aromatic rings. The third kappa shape index (κ3) is 3.85. The summed E-state index contributed by atoms with van der Waals surface area (Å²) in [6, 6.07) is 15.7. The smallest absolute Gasteiger partial charge is 0.337 e. The van der Waals surface area contributed by atoms with Gasteiger partial charge in [-0.15, -0.1) is 0 Å². The molecule has 0 N–H and O–H groups in total. The van der Waals surface area contributed by atoms with Gasteiger partial charge >= 0.3 is 5.97 Å². The molecule has 0 aliphatic carbocycles. The lowest BCUT2D eigenvalue weighted by Gasteiger charge is -2.13. The van der Waals surface area contributed by atoms with E-state index in [0.29, 0.717) is 26.9 Å². The summed E-state index contributed by atoms with van der Waals surface area (Å²) in [4.78, 5) is 38.9. The summed E-state index contributed by atoms with van der Waals surface area (Å²) in [5, 5.41) is 0.130. The second kappa shape index (κ2) is 8.68. The number of aromatic nitrogens is 1. The summed E-state index contributed by atoms with van der Waals surface area (Å²) >= 11 is 7.34. The van der Waals surface area contributed by atoms with Crippen molar-refractivity contribution in [2.45, 2.75) is 13.8 Å². The number of benzene rings is 2. The SMILES string of the molecule is COC(=O)c1ccc(Cl)c(-n2c(C)cc(/C=C3/SC(=O)N(c4ccccc4)C3=O)c2C)c1. The van der Waals surface area contributed by atoms with Gasteiger partial charge in [-0.25, -0.2) is 9.69 Å². The zero-order valence-electron chi connectivity index (χ0n) is 17.6. The van der Waals surface area contributed by atoms with Crippen molar-refractivity contribution in [3.05, 3.63) is 87.0 Å². The number of rotatable bonds is 4. The number of nitrogens with zero attached hydrogens (tertiary/aromatic N) is 2. The van der Waals surface area contributed by atoms with Crippen molar-refractivity contribution in [3.63, 3.8) is 0 Å². The molecule has 4 rings (SSSR count). The molecule has 1 aliphatic heterocycles. The van der Waals surface area contributed by atoms with Crippen LogP contribution in [0.3, 0.4) is 0 Å². The number of hydrogen-bond donors (Lipinski definition) is 0. The van der Waals surface area contributed by atoms with Crippen LogP contribution in [-0.2, 0) is 9.53 Å². The Labute approximate surface area is 194 Å². The van der Waals surface area contributed by atoms with Gasteiger partial charge in [0.2, 0.25) is 0 Å². The van der Waals surface area contributed by atoms with E-state index >= 15 is 0 Å². The van der Waals surface area contributed by atoms with Crippen LogP contribution < -0.4 is 4.90 Å². The summed E-state index contributed by atoms with van der Waals surface area (Å²) in [5.41, 5.74) is 4.00. The average Bonchev–Trinajstić information content (AvgIpc) is 3.22. The minimum absolute atomic E-state index is 0.338. The van der Waals surface area contributed by atoms with Gasteiger partial charge in [0.15, 0.2) is 0 Å². The number of thioether (sulfide) groups is 1. The van der Waals surface area contributed by atoms with Crippen LogP contribution in [0.2, 0.25) is 5.02 Å². The molecule has 0 spiro atoms. The zero-order chi connectivity index (χ0) is 23.0. The van der Waals surface area contributed by atoms with E-state index in [1.807, 2.05) is 30.5 Å². The monoisotopic (exact) mass is 466 g/mol. The second-order valence-electron chi connectivity index (χ2n) is 7.17. The predicted octanol–water partition coefficient (Wildman–Crippen LogP) is 5.78.